The summed E-state index contributed by atoms with van der Waals surface area (Å²) < 4.78 is 13.1. The fraction of sp³-hybridized carbons (Fsp3) is 0.500. The van der Waals surface area contributed by atoms with Crippen LogP contribution in [0.4, 0.5) is 9.18 Å². The first-order valence-corrected chi connectivity index (χ1v) is 8.06. The SMILES string of the molecule is C[C@@]1([C@@H]2CCCN(Cc3ccc(F)cc3Cl)C2)NC(=O)NC1=O. The Hall–Kier alpha value is -1.66. The van der Waals surface area contributed by atoms with Crippen molar-refractivity contribution in [3.05, 3.63) is 34.6 Å². The van der Waals surface area contributed by atoms with Gasteiger partial charge in [0.15, 0.2) is 0 Å². The minimum absolute atomic E-state index is 0.0296. The van der Waals surface area contributed by atoms with Crippen LogP contribution >= 0.6 is 11.6 Å². The van der Waals surface area contributed by atoms with E-state index < -0.39 is 11.6 Å². The molecule has 5 nitrogen and oxygen atoms in total. The summed E-state index contributed by atoms with van der Waals surface area (Å²) in [6, 6.07) is 3.96. The van der Waals surface area contributed by atoms with Gasteiger partial charge in [-0.05, 0) is 44.0 Å². The van der Waals surface area contributed by atoms with Gasteiger partial charge in [0.25, 0.3) is 5.91 Å². The Morgan fingerprint density at radius 2 is 2.22 bits per heavy atom. The van der Waals surface area contributed by atoms with Crippen molar-refractivity contribution in [3.8, 4) is 0 Å². The maximum atomic E-state index is 13.1. The second-order valence-electron chi connectivity index (χ2n) is 6.42. The smallest absolute Gasteiger partial charge is 0.322 e. The first kappa shape index (κ1) is 16.2. The third-order valence-electron chi connectivity index (χ3n) is 4.80. The molecule has 0 radical (unpaired) electrons. The van der Waals surface area contributed by atoms with Crippen LogP contribution in [0.25, 0.3) is 0 Å². The van der Waals surface area contributed by atoms with Crippen LogP contribution in [0.2, 0.25) is 5.02 Å². The van der Waals surface area contributed by atoms with Gasteiger partial charge >= 0.3 is 6.03 Å². The second-order valence-corrected chi connectivity index (χ2v) is 6.83. The van der Waals surface area contributed by atoms with Gasteiger partial charge in [0.1, 0.15) is 11.4 Å². The van der Waals surface area contributed by atoms with Crippen molar-refractivity contribution < 1.29 is 14.0 Å². The van der Waals surface area contributed by atoms with Crippen molar-refractivity contribution in [2.24, 2.45) is 5.92 Å². The monoisotopic (exact) mass is 339 g/mol. The first-order valence-electron chi connectivity index (χ1n) is 7.68. The Morgan fingerprint density at radius 3 is 2.87 bits per heavy atom. The molecule has 0 saturated carbocycles. The van der Waals surface area contributed by atoms with E-state index in [-0.39, 0.29) is 17.6 Å². The molecule has 7 heteroatoms. The number of amides is 3. The molecule has 23 heavy (non-hydrogen) atoms. The van der Waals surface area contributed by atoms with E-state index in [2.05, 4.69) is 15.5 Å². The molecule has 0 aliphatic carbocycles. The summed E-state index contributed by atoms with van der Waals surface area (Å²) in [4.78, 5) is 25.7. The number of benzene rings is 1. The zero-order chi connectivity index (χ0) is 16.6. The molecular formula is C16H19ClFN3O2. The summed E-state index contributed by atoms with van der Waals surface area (Å²) in [6.45, 7) is 3.93. The molecule has 124 valence electrons. The van der Waals surface area contributed by atoms with Crippen molar-refractivity contribution >= 4 is 23.5 Å². The minimum Gasteiger partial charge on any atom is -0.323 e. The normalized spacial score (nSPS) is 28.6. The number of carbonyl (C=O) groups excluding carboxylic acids is 2. The summed E-state index contributed by atoms with van der Waals surface area (Å²) in [6.07, 6.45) is 1.81. The number of hydrogen-bond acceptors (Lipinski definition) is 3. The highest BCUT2D eigenvalue weighted by molar-refractivity contribution is 6.31. The topological polar surface area (TPSA) is 61.4 Å². The van der Waals surface area contributed by atoms with Crippen molar-refractivity contribution in [1.82, 2.24) is 15.5 Å². The molecule has 2 aliphatic heterocycles. The van der Waals surface area contributed by atoms with Crippen molar-refractivity contribution in [2.75, 3.05) is 13.1 Å². The van der Waals surface area contributed by atoms with Crippen LogP contribution in [0.3, 0.4) is 0 Å². The number of nitrogens with zero attached hydrogens (tertiary/aromatic N) is 1. The van der Waals surface area contributed by atoms with Crippen LogP contribution < -0.4 is 10.6 Å². The van der Waals surface area contributed by atoms with Gasteiger partial charge < -0.3 is 5.32 Å². The Morgan fingerprint density at radius 1 is 1.43 bits per heavy atom. The van der Waals surface area contributed by atoms with E-state index in [1.54, 1.807) is 13.0 Å². The molecule has 1 aromatic carbocycles. The van der Waals surface area contributed by atoms with Crippen LogP contribution in [-0.2, 0) is 11.3 Å². The average molecular weight is 340 g/mol. The zero-order valence-electron chi connectivity index (χ0n) is 12.9. The van der Waals surface area contributed by atoms with Gasteiger partial charge in [0.2, 0.25) is 0 Å². The van der Waals surface area contributed by atoms with Crippen LogP contribution in [0.15, 0.2) is 18.2 Å². The van der Waals surface area contributed by atoms with Gasteiger partial charge in [-0.1, -0.05) is 17.7 Å². The van der Waals surface area contributed by atoms with Crippen molar-refractivity contribution in [3.63, 3.8) is 0 Å². The fourth-order valence-electron chi connectivity index (χ4n) is 3.41. The predicted octanol–water partition coefficient (Wildman–Crippen LogP) is 2.29. The van der Waals surface area contributed by atoms with E-state index in [9.17, 15) is 14.0 Å². The van der Waals surface area contributed by atoms with E-state index in [1.165, 1.54) is 12.1 Å². The summed E-state index contributed by atoms with van der Waals surface area (Å²) in [5.41, 5.74) is -0.0127. The summed E-state index contributed by atoms with van der Waals surface area (Å²) in [5.74, 6) is -0.593. The molecule has 2 atom stereocenters. The molecule has 2 fully saturated rings. The third-order valence-corrected chi connectivity index (χ3v) is 5.15. The Balaban J connectivity index is 1.71. The first-order chi connectivity index (χ1) is 10.9. The van der Waals surface area contributed by atoms with E-state index in [0.29, 0.717) is 18.1 Å². The molecule has 3 rings (SSSR count). The summed E-state index contributed by atoms with van der Waals surface area (Å²) in [7, 11) is 0. The van der Waals surface area contributed by atoms with Crippen molar-refractivity contribution in [1.29, 1.82) is 0 Å². The van der Waals surface area contributed by atoms with Gasteiger partial charge in [-0.15, -0.1) is 0 Å². The number of likely N-dealkylation sites (tertiary alicyclic amines) is 1. The van der Waals surface area contributed by atoms with Gasteiger partial charge in [0.05, 0.1) is 0 Å². The summed E-state index contributed by atoms with van der Waals surface area (Å²) in [5, 5.41) is 5.47. The molecule has 0 unspecified atom stereocenters. The molecule has 2 heterocycles. The van der Waals surface area contributed by atoms with Crippen LogP contribution in [0.5, 0.6) is 0 Å². The molecule has 2 N–H and O–H groups in total. The number of rotatable bonds is 3. The molecule has 1 aromatic rings. The third kappa shape index (κ3) is 3.19. The van der Waals surface area contributed by atoms with Crippen LogP contribution in [0.1, 0.15) is 25.3 Å². The van der Waals surface area contributed by atoms with Gasteiger partial charge in [-0.3, -0.25) is 15.0 Å². The number of hydrogen-bond donors (Lipinski definition) is 2. The molecule has 0 spiro atoms. The zero-order valence-corrected chi connectivity index (χ0v) is 13.6. The Labute approximate surface area is 139 Å². The Bertz CT molecular complexity index is 654. The highest BCUT2D eigenvalue weighted by Crippen LogP contribution is 2.31. The minimum atomic E-state index is -0.873. The van der Waals surface area contributed by atoms with Crippen LogP contribution in [-0.4, -0.2) is 35.5 Å². The van der Waals surface area contributed by atoms with Crippen LogP contribution in [0, 0.1) is 11.7 Å². The standard InChI is InChI=1S/C16H19ClFN3O2/c1-16(14(22)19-15(23)20-16)11-3-2-6-21(9-11)8-10-4-5-12(18)7-13(10)17/h4-5,7,11H,2-3,6,8-9H2,1H3,(H2,19,20,22,23)/t11-,16+/m1/s1. The molecule has 0 bridgehead atoms. The van der Waals surface area contributed by atoms with Gasteiger partial charge in [0, 0.05) is 24.0 Å². The quantitative estimate of drug-likeness (QED) is 0.831. The van der Waals surface area contributed by atoms with E-state index in [1.807, 2.05) is 0 Å². The van der Waals surface area contributed by atoms with E-state index in [0.717, 1.165) is 24.9 Å². The molecule has 2 aliphatic rings. The highest BCUT2D eigenvalue weighted by Gasteiger charge is 2.48. The number of halogens is 2. The lowest BCUT2D eigenvalue weighted by atomic mass is 9.80. The molecule has 2 saturated heterocycles. The molecule has 0 aromatic heterocycles. The largest absolute Gasteiger partial charge is 0.323 e. The molecular weight excluding hydrogens is 321 g/mol. The van der Waals surface area contributed by atoms with Crippen molar-refractivity contribution in [2.45, 2.75) is 31.8 Å². The average Bonchev–Trinajstić information content (AvgIpc) is 2.76. The maximum Gasteiger partial charge on any atom is 0.322 e. The predicted molar refractivity (Wildman–Crippen MR) is 84.5 cm³/mol. The Kier molecular flexibility index (Phi) is 4.29. The van der Waals surface area contributed by atoms with Gasteiger partial charge in [-0.25, -0.2) is 9.18 Å². The highest BCUT2D eigenvalue weighted by atomic mass is 35.5. The van der Waals surface area contributed by atoms with Gasteiger partial charge in [-0.2, -0.15) is 0 Å². The lowest BCUT2D eigenvalue weighted by molar-refractivity contribution is -0.126. The summed E-state index contributed by atoms with van der Waals surface area (Å²) >= 11 is 6.09. The lowest BCUT2D eigenvalue weighted by Gasteiger charge is -2.39. The number of nitrogens with one attached hydrogen (secondary N) is 2. The van der Waals surface area contributed by atoms with E-state index >= 15 is 0 Å². The van der Waals surface area contributed by atoms with E-state index in [4.69, 9.17) is 11.6 Å². The molecule has 3 amide bonds. The lowest BCUT2D eigenvalue weighted by Crippen LogP contribution is -2.55. The second kappa shape index (κ2) is 6.09. The number of urea groups is 1. The number of piperidine rings is 1. The number of imide groups is 1. The fourth-order valence-corrected chi connectivity index (χ4v) is 3.63. The number of carbonyl (C=O) groups is 2. The maximum absolute atomic E-state index is 13.1.